The van der Waals surface area contributed by atoms with Crippen LogP contribution in [0.15, 0.2) is 0 Å². The average molecular weight is 269 g/mol. The van der Waals surface area contributed by atoms with E-state index in [9.17, 15) is 0 Å². The molecule has 1 fully saturated rings. The van der Waals surface area contributed by atoms with E-state index in [0.717, 1.165) is 19.0 Å². The normalized spacial score (nSPS) is 28.3. The van der Waals surface area contributed by atoms with E-state index in [-0.39, 0.29) is 0 Å². The predicted molar refractivity (Wildman–Crippen MR) is 84.7 cm³/mol. The SMILES string of the molecule is CCNCC1(CN(C)CCN(C)C)CCC(C)CC1. The second kappa shape index (κ2) is 8.23. The van der Waals surface area contributed by atoms with Crippen molar-refractivity contribution in [3.8, 4) is 0 Å². The van der Waals surface area contributed by atoms with E-state index in [4.69, 9.17) is 0 Å². The Labute approximate surface area is 120 Å². The van der Waals surface area contributed by atoms with E-state index in [1.165, 1.54) is 45.3 Å². The van der Waals surface area contributed by atoms with E-state index in [2.05, 4.69) is 50.1 Å². The third kappa shape index (κ3) is 6.24. The lowest BCUT2D eigenvalue weighted by atomic mass is 9.70. The lowest BCUT2D eigenvalue weighted by Crippen LogP contribution is -2.46. The van der Waals surface area contributed by atoms with Gasteiger partial charge < -0.3 is 15.1 Å². The van der Waals surface area contributed by atoms with Crippen molar-refractivity contribution in [2.45, 2.75) is 39.5 Å². The molecule has 0 amide bonds. The van der Waals surface area contributed by atoms with Gasteiger partial charge in [-0.2, -0.15) is 0 Å². The maximum atomic E-state index is 3.61. The van der Waals surface area contributed by atoms with Gasteiger partial charge in [0, 0.05) is 26.2 Å². The van der Waals surface area contributed by atoms with Gasteiger partial charge in [0.05, 0.1) is 0 Å². The number of likely N-dealkylation sites (N-methyl/N-ethyl adjacent to an activating group) is 2. The molecule has 0 aromatic heterocycles. The monoisotopic (exact) mass is 269 g/mol. The van der Waals surface area contributed by atoms with Crippen LogP contribution in [-0.2, 0) is 0 Å². The summed E-state index contributed by atoms with van der Waals surface area (Å²) in [5, 5.41) is 3.61. The highest BCUT2D eigenvalue weighted by Crippen LogP contribution is 2.38. The van der Waals surface area contributed by atoms with Crippen molar-refractivity contribution in [1.82, 2.24) is 15.1 Å². The second-order valence-electron chi connectivity index (χ2n) is 7.00. The minimum atomic E-state index is 0.517. The smallest absolute Gasteiger partial charge is 0.0106 e. The Morgan fingerprint density at radius 2 is 1.74 bits per heavy atom. The highest BCUT2D eigenvalue weighted by molar-refractivity contribution is 4.88. The third-order valence-corrected chi connectivity index (χ3v) is 4.62. The van der Waals surface area contributed by atoms with E-state index < -0.39 is 0 Å². The fraction of sp³-hybridized carbons (Fsp3) is 1.00. The Bertz CT molecular complexity index is 227. The number of hydrogen-bond acceptors (Lipinski definition) is 3. The van der Waals surface area contributed by atoms with Gasteiger partial charge in [-0.1, -0.05) is 26.7 Å². The predicted octanol–water partition coefficient (Wildman–Crippen LogP) is 2.29. The molecule has 0 atom stereocenters. The van der Waals surface area contributed by atoms with Gasteiger partial charge in [0.1, 0.15) is 0 Å². The number of nitrogens with zero attached hydrogens (tertiary/aromatic N) is 2. The molecule has 1 N–H and O–H groups in total. The lowest BCUT2D eigenvalue weighted by molar-refractivity contribution is 0.0962. The molecule has 1 aliphatic rings. The van der Waals surface area contributed by atoms with Crippen LogP contribution < -0.4 is 5.32 Å². The summed E-state index contributed by atoms with van der Waals surface area (Å²) >= 11 is 0. The molecule has 0 aliphatic heterocycles. The third-order valence-electron chi connectivity index (χ3n) is 4.62. The molecule has 1 rings (SSSR count). The van der Waals surface area contributed by atoms with Crippen molar-refractivity contribution in [2.24, 2.45) is 11.3 Å². The van der Waals surface area contributed by atoms with Crippen LogP contribution in [0.25, 0.3) is 0 Å². The second-order valence-corrected chi connectivity index (χ2v) is 7.00. The van der Waals surface area contributed by atoms with Crippen LogP contribution in [0.1, 0.15) is 39.5 Å². The summed E-state index contributed by atoms with van der Waals surface area (Å²) in [6.45, 7) is 10.5. The molecular formula is C16H35N3. The van der Waals surface area contributed by atoms with E-state index in [1.54, 1.807) is 0 Å². The molecule has 114 valence electrons. The molecule has 3 heteroatoms. The maximum Gasteiger partial charge on any atom is 0.0106 e. The first-order valence-electron chi connectivity index (χ1n) is 8.01. The molecule has 19 heavy (non-hydrogen) atoms. The first-order chi connectivity index (χ1) is 8.97. The van der Waals surface area contributed by atoms with Gasteiger partial charge in [0.2, 0.25) is 0 Å². The zero-order valence-electron chi connectivity index (χ0n) is 13.8. The average Bonchev–Trinajstić information content (AvgIpc) is 2.37. The molecule has 1 saturated carbocycles. The lowest BCUT2D eigenvalue weighted by Gasteiger charge is -2.42. The Kier molecular flexibility index (Phi) is 7.33. The standard InChI is InChI=1S/C16H35N3/c1-6-17-13-16(9-7-15(2)8-10-16)14-19(5)12-11-18(3)4/h15,17H,6-14H2,1-5H3. The molecule has 0 bridgehead atoms. The summed E-state index contributed by atoms with van der Waals surface area (Å²) in [5.74, 6) is 0.932. The van der Waals surface area contributed by atoms with Gasteiger partial charge in [-0.05, 0) is 51.9 Å². The summed E-state index contributed by atoms with van der Waals surface area (Å²) < 4.78 is 0. The molecular weight excluding hydrogens is 234 g/mol. The fourth-order valence-corrected chi connectivity index (χ4v) is 3.18. The number of hydrogen-bond donors (Lipinski definition) is 1. The summed E-state index contributed by atoms with van der Waals surface area (Å²) in [7, 11) is 6.60. The quantitative estimate of drug-likeness (QED) is 0.729. The zero-order valence-corrected chi connectivity index (χ0v) is 13.8. The van der Waals surface area contributed by atoms with Crippen molar-refractivity contribution in [3.05, 3.63) is 0 Å². The molecule has 0 unspecified atom stereocenters. The molecule has 0 aromatic rings. The van der Waals surface area contributed by atoms with Gasteiger partial charge in [0.25, 0.3) is 0 Å². The molecule has 0 spiro atoms. The molecule has 0 radical (unpaired) electrons. The number of nitrogens with one attached hydrogen (secondary N) is 1. The van der Waals surface area contributed by atoms with Crippen molar-refractivity contribution in [1.29, 1.82) is 0 Å². The first kappa shape index (κ1) is 16.9. The van der Waals surface area contributed by atoms with Crippen LogP contribution in [0, 0.1) is 11.3 Å². The van der Waals surface area contributed by atoms with E-state index >= 15 is 0 Å². The topological polar surface area (TPSA) is 18.5 Å². The molecule has 0 saturated heterocycles. The van der Waals surface area contributed by atoms with Crippen LogP contribution in [0.5, 0.6) is 0 Å². The maximum absolute atomic E-state index is 3.61. The summed E-state index contributed by atoms with van der Waals surface area (Å²) in [4.78, 5) is 4.81. The van der Waals surface area contributed by atoms with Crippen molar-refractivity contribution in [2.75, 3.05) is 53.9 Å². The molecule has 3 nitrogen and oxygen atoms in total. The first-order valence-corrected chi connectivity index (χ1v) is 8.01. The fourth-order valence-electron chi connectivity index (χ4n) is 3.18. The van der Waals surface area contributed by atoms with Crippen molar-refractivity contribution in [3.63, 3.8) is 0 Å². The molecule has 1 aliphatic carbocycles. The largest absolute Gasteiger partial charge is 0.316 e. The van der Waals surface area contributed by atoms with Gasteiger partial charge in [0.15, 0.2) is 0 Å². The van der Waals surface area contributed by atoms with E-state index in [1.807, 2.05) is 0 Å². The van der Waals surface area contributed by atoms with Crippen LogP contribution in [0.4, 0.5) is 0 Å². The summed E-state index contributed by atoms with van der Waals surface area (Å²) in [5.41, 5.74) is 0.517. The molecule has 0 aromatic carbocycles. The Hall–Kier alpha value is -0.120. The van der Waals surface area contributed by atoms with Crippen LogP contribution in [0.3, 0.4) is 0 Å². The Balaban J connectivity index is 2.49. The van der Waals surface area contributed by atoms with Gasteiger partial charge >= 0.3 is 0 Å². The number of rotatable bonds is 8. The van der Waals surface area contributed by atoms with Gasteiger partial charge in [-0.3, -0.25) is 0 Å². The minimum Gasteiger partial charge on any atom is -0.316 e. The van der Waals surface area contributed by atoms with Gasteiger partial charge in [-0.15, -0.1) is 0 Å². The van der Waals surface area contributed by atoms with E-state index in [0.29, 0.717) is 5.41 Å². The Morgan fingerprint density at radius 1 is 1.11 bits per heavy atom. The highest BCUT2D eigenvalue weighted by Gasteiger charge is 2.34. The van der Waals surface area contributed by atoms with Crippen LogP contribution in [-0.4, -0.2) is 63.7 Å². The van der Waals surface area contributed by atoms with Gasteiger partial charge in [-0.25, -0.2) is 0 Å². The molecule has 0 heterocycles. The Morgan fingerprint density at radius 3 is 2.26 bits per heavy atom. The van der Waals surface area contributed by atoms with Crippen molar-refractivity contribution >= 4 is 0 Å². The summed E-state index contributed by atoms with van der Waals surface area (Å²) in [6, 6.07) is 0. The highest BCUT2D eigenvalue weighted by atomic mass is 15.2. The van der Waals surface area contributed by atoms with Crippen LogP contribution >= 0.6 is 0 Å². The summed E-state index contributed by atoms with van der Waals surface area (Å²) in [6.07, 6.45) is 5.61. The van der Waals surface area contributed by atoms with Crippen molar-refractivity contribution < 1.29 is 0 Å². The zero-order chi connectivity index (χ0) is 14.3. The minimum absolute atomic E-state index is 0.517. The van der Waals surface area contributed by atoms with Crippen LogP contribution in [0.2, 0.25) is 0 Å².